The highest BCUT2D eigenvalue weighted by Gasteiger charge is 2.17. The number of aryl methyl sites for hydroxylation is 1. The number of nitrogens with zero attached hydrogens (tertiary/aromatic N) is 5. The van der Waals surface area contributed by atoms with E-state index in [1.54, 1.807) is 26.7 Å². The molecule has 0 spiro atoms. The summed E-state index contributed by atoms with van der Waals surface area (Å²) in [5, 5.41) is 6.77. The zero-order chi connectivity index (χ0) is 24.2. The zero-order valence-corrected chi connectivity index (χ0v) is 19.5. The van der Waals surface area contributed by atoms with Crippen molar-refractivity contribution in [1.29, 1.82) is 0 Å². The maximum atomic E-state index is 5.41. The van der Waals surface area contributed by atoms with E-state index in [4.69, 9.17) is 19.4 Å². The van der Waals surface area contributed by atoms with Crippen LogP contribution in [0.4, 0.5) is 17.2 Å². The molecule has 0 aliphatic rings. The predicted octanol–water partition coefficient (Wildman–Crippen LogP) is 4.49. The molecule has 0 fully saturated rings. The van der Waals surface area contributed by atoms with Gasteiger partial charge in [0.15, 0.2) is 5.65 Å². The van der Waals surface area contributed by atoms with Crippen molar-refractivity contribution < 1.29 is 9.47 Å². The molecule has 3 N–H and O–H groups in total. The van der Waals surface area contributed by atoms with Gasteiger partial charge in [-0.05, 0) is 42.8 Å². The topological polar surface area (TPSA) is 123 Å². The molecule has 0 unspecified atom stereocenters. The molecule has 0 bridgehead atoms. The molecule has 0 amide bonds. The second kappa shape index (κ2) is 9.64. The van der Waals surface area contributed by atoms with Crippen LogP contribution in [-0.4, -0.2) is 44.1 Å². The molecular formula is C25H24N8O2. The molecule has 0 atom stereocenters. The average Bonchev–Trinajstić information content (AvgIpc) is 3.36. The van der Waals surface area contributed by atoms with Gasteiger partial charge in [-0.25, -0.2) is 24.9 Å². The average molecular weight is 469 g/mol. The van der Waals surface area contributed by atoms with Crippen LogP contribution in [0.15, 0.2) is 61.2 Å². The first-order chi connectivity index (χ1) is 17.1. The number of hydrogen-bond acceptors (Lipinski definition) is 9. The third kappa shape index (κ3) is 4.67. The maximum Gasteiger partial charge on any atom is 0.237 e. The zero-order valence-electron chi connectivity index (χ0n) is 19.5. The number of methoxy groups -OCH3 is 2. The summed E-state index contributed by atoms with van der Waals surface area (Å²) >= 11 is 0. The van der Waals surface area contributed by atoms with Crippen LogP contribution in [-0.2, 0) is 6.54 Å². The fraction of sp³-hybridized carbons (Fsp3) is 0.160. The second-order valence-electron chi connectivity index (χ2n) is 7.73. The van der Waals surface area contributed by atoms with Crippen LogP contribution in [0.2, 0.25) is 0 Å². The summed E-state index contributed by atoms with van der Waals surface area (Å²) in [6.07, 6.45) is 5.10. The molecule has 0 aliphatic carbocycles. The van der Waals surface area contributed by atoms with Gasteiger partial charge in [-0.1, -0.05) is 6.07 Å². The Labute approximate surface area is 201 Å². The molecule has 5 rings (SSSR count). The van der Waals surface area contributed by atoms with Gasteiger partial charge in [0, 0.05) is 36.3 Å². The largest absolute Gasteiger partial charge is 0.497 e. The first kappa shape index (κ1) is 22.1. The van der Waals surface area contributed by atoms with Crippen molar-refractivity contribution >= 4 is 28.4 Å². The van der Waals surface area contributed by atoms with E-state index in [-0.39, 0.29) is 0 Å². The number of fused-ring (bicyclic) bond motifs is 1. The molecule has 0 aliphatic heterocycles. The van der Waals surface area contributed by atoms with Crippen molar-refractivity contribution in [2.24, 2.45) is 0 Å². The number of rotatable bonds is 8. The van der Waals surface area contributed by atoms with Gasteiger partial charge in [0.1, 0.15) is 34.3 Å². The molecule has 0 saturated heterocycles. The predicted molar refractivity (Wildman–Crippen MR) is 134 cm³/mol. The molecule has 4 aromatic heterocycles. The molecule has 5 aromatic rings. The fourth-order valence-corrected chi connectivity index (χ4v) is 3.73. The minimum Gasteiger partial charge on any atom is -0.497 e. The van der Waals surface area contributed by atoms with E-state index < -0.39 is 0 Å². The molecule has 35 heavy (non-hydrogen) atoms. The summed E-state index contributed by atoms with van der Waals surface area (Å²) in [6.45, 7) is 2.40. The Morgan fingerprint density at radius 2 is 1.89 bits per heavy atom. The van der Waals surface area contributed by atoms with Crippen LogP contribution >= 0.6 is 0 Å². The van der Waals surface area contributed by atoms with Crippen molar-refractivity contribution in [2.75, 3.05) is 24.9 Å². The maximum absolute atomic E-state index is 5.41. The number of pyridine rings is 2. The molecule has 176 valence electrons. The Morgan fingerprint density at radius 1 is 0.971 bits per heavy atom. The number of imidazole rings is 1. The summed E-state index contributed by atoms with van der Waals surface area (Å²) in [5.41, 5.74) is 5.38. The number of anilines is 3. The first-order valence-electron chi connectivity index (χ1n) is 11.0. The van der Waals surface area contributed by atoms with Crippen LogP contribution in [0.1, 0.15) is 11.4 Å². The van der Waals surface area contributed by atoms with Crippen LogP contribution in [0.3, 0.4) is 0 Å². The molecule has 10 heteroatoms. The molecular weight excluding hydrogens is 444 g/mol. The van der Waals surface area contributed by atoms with Crippen LogP contribution in [0, 0.1) is 6.92 Å². The number of hydrogen-bond donors (Lipinski definition) is 3. The van der Waals surface area contributed by atoms with Crippen LogP contribution in [0.5, 0.6) is 11.6 Å². The third-order valence-electron chi connectivity index (χ3n) is 5.37. The Bertz CT molecular complexity index is 1480. The Hall–Kier alpha value is -4.73. The summed E-state index contributed by atoms with van der Waals surface area (Å²) in [6, 6.07) is 13.5. The van der Waals surface area contributed by atoms with Gasteiger partial charge in [0.05, 0.1) is 20.5 Å². The van der Waals surface area contributed by atoms with E-state index in [2.05, 4.69) is 30.6 Å². The van der Waals surface area contributed by atoms with Gasteiger partial charge in [-0.15, -0.1) is 0 Å². The lowest BCUT2D eigenvalue weighted by Crippen LogP contribution is -2.05. The number of H-pyrrole nitrogens is 1. The Kier molecular flexibility index (Phi) is 6.08. The van der Waals surface area contributed by atoms with Gasteiger partial charge in [0.25, 0.3) is 0 Å². The van der Waals surface area contributed by atoms with E-state index in [0.717, 1.165) is 22.6 Å². The SMILES string of the molecule is COc1cccc(NCc2cnc(Nc3cccnc3OC)c(-c3nc(C)nc4[nH]cnc34)c2)c1. The van der Waals surface area contributed by atoms with E-state index in [0.29, 0.717) is 46.6 Å². The minimum atomic E-state index is 0.466. The lowest BCUT2D eigenvalue weighted by molar-refractivity contribution is 0.400. The van der Waals surface area contributed by atoms with Gasteiger partial charge in [-0.3, -0.25) is 0 Å². The van der Waals surface area contributed by atoms with Crippen molar-refractivity contribution in [1.82, 2.24) is 29.9 Å². The molecule has 10 nitrogen and oxygen atoms in total. The minimum absolute atomic E-state index is 0.466. The van der Waals surface area contributed by atoms with Gasteiger partial charge < -0.3 is 25.1 Å². The van der Waals surface area contributed by atoms with Gasteiger partial charge in [-0.2, -0.15) is 0 Å². The quantitative estimate of drug-likeness (QED) is 0.302. The number of aromatic nitrogens is 6. The highest BCUT2D eigenvalue weighted by molar-refractivity contribution is 5.92. The highest BCUT2D eigenvalue weighted by Crippen LogP contribution is 2.34. The lowest BCUT2D eigenvalue weighted by Gasteiger charge is -2.15. The number of nitrogens with one attached hydrogen (secondary N) is 3. The monoisotopic (exact) mass is 468 g/mol. The third-order valence-corrected chi connectivity index (χ3v) is 5.37. The van der Waals surface area contributed by atoms with E-state index in [1.165, 1.54) is 0 Å². The van der Waals surface area contributed by atoms with Crippen LogP contribution < -0.4 is 20.1 Å². The van der Waals surface area contributed by atoms with Gasteiger partial charge in [0.2, 0.25) is 5.88 Å². The number of benzene rings is 1. The summed E-state index contributed by atoms with van der Waals surface area (Å²) < 4.78 is 10.7. The van der Waals surface area contributed by atoms with E-state index in [1.807, 2.05) is 55.6 Å². The van der Waals surface area contributed by atoms with E-state index in [9.17, 15) is 0 Å². The summed E-state index contributed by atoms with van der Waals surface area (Å²) in [4.78, 5) is 25.7. The molecule has 1 aromatic carbocycles. The highest BCUT2D eigenvalue weighted by atomic mass is 16.5. The molecule has 0 saturated carbocycles. The lowest BCUT2D eigenvalue weighted by atomic mass is 10.1. The van der Waals surface area contributed by atoms with Crippen molar-refractivity contribution in [3.05, 3.63) is 72.6 Å². The molecule has 4 heterocycles. The molecule has 0 radical (unpaired) electrons. The summed E-state index contributed by atoms with van der Waals surface area (Å²) in [5.74, 6) is 2.48. The fourth-order valence-electron chi connectivity index (χ4n) is 3.73. The first-order valence-corrected chi connectivity index (χ1v) is 11.0. The normalized spacial score (nSPS) is 10.8. The van der Waals surface area contributed by atoms with Crippen LogP contribution in [0.25, 0.3) is 22.4 Å². The van der Waals surface area contributed by atoms with Crippen molar-refractivity contribution in [3.8, 4) is 22.9 Å². The Balaban J connectivity index is 1.55. The Morgan fingerprint density at radius 3 is 2.74 bits per heavy atom. The standard InChI is InChI=1S/C25H24N8O2/c1-15-31-21(22-24(32-15)30-14-29-22)19-10-16(12-27-17-6-4-7-18(11-17)34-2)13-28-23(19)33-20-8-5-9-26-25(20)35-3/h4-11,13-14,27H,12H2,1-3H3,(H,28,33)(H,29,30,31,32). The van der Waals surface area contributed by atoms with Crippen molar-refractivity contribution in [3.63, 3.8) is 0 Å². The smallest absolute Gasteiger partial charge is 0.237 e. The number of ether oxygens (including phenoxy) is 2. The van der Waals surface area contributed by atoms with Crippen molar-refractivity contribution in [2.45, 2.75) is 13.5 Å². The summed E-state index contributed by atoms with van der Waals surface area (Å²) in [7, 11) is 3.23. The van der Waals surface area contributed by atoms with E-state index >= 15 is 0 Å². The number of aromatic amines is 1. The second-order valence-corrected chi connectivity index (χ2v) is 7.73. The van der Waals surface area contributed by atoms with Gasteiger partial charge >= 0.3 is 0 Å².